The predicted octanol–water partition coefficient (Wildman–Crippen LogP) is 3.17. The Labute approximate surface area is 143 Å². The van der Waals surface area contributed by atoms with E-state index in [0.717, 1.165) is 43.6 Å². The third-order valence-electron chi connectivity index (χ3n) is 4.69. The summed E-state index contributed by atoms with van der Waals surface area (Å²) in [6, 6.07) is 7.89. The van der Waals surface area contributed by atoms with Crippen LogP contribution < -0.4 is 10.1 Å². The van der Waals surface area contributed by atoms with Gasteiger partial charge in [-0.2, -0.15) is 0 Å². The Bertz CT molecular complexity index is 549. The maximum Gasteiger partial charge on any atom is 0.310 e. The van der Waals surface area contributed by atoms with Crippen LogP contribution in [0.4, 0.5) is 0 Å². The summed E-state index contributed by atoms with van der Waals surface area (Å²) in [6.07, 6.45) is 5.08. The van der Waals surface area contributed by atoms with Crippen LogP contribution in [0.3, 0.4) is 0 Å². The van der Waals surface area contributed by atoms with Crippen molar-refractivity contribution in [1.29, 1.82) is 0 Å². The van der Waals surface area contributed by atoms with Gasteiger partial charge in [-0.25, -0.2) is 0 Å². The standard InChI is InChI=1S/C19H27NO4/c1-2-3-13-24-16-7-5-15(6-8-16)9-12-20-17(21)14-19(18(22)23)10-4-11-19/h5-8H,2-4,9-14H2,1H3,(H,20,21)(H,22,23). The molecule has 2 rings (SSSR count). The van der Waals surface area contributed by atoms with Crippen molar-refractivity contribution in [3.63, 3.8) is 0 Å². The summed E-state index contributed by atoms with van der Waals surface area (Å²) in [5, 5.41) is 12.1. The van der Waals surface area contributed by atoms with Gasteiger partial charge in [-0.05, 0) is 43.4 Å². The highest BCUT2D eigenvalue weighted by atomic mass is 16.5. The van der Waals surface area contributed by atoms with Crippen LogP contribution in [0.1, 0.15) is 51.0 Å². The molecule has 0 heterocycles. The van der Waals surface area contributed by atoms with Gasteiger partial charge in [-0.1, -0.05) is 31.9 Å². The van der Waals surface area contributed by atoms with Crippen LogP contribution in [-0.2, 0) is 16.0 Å². The summed E-state index contributed by atoms with van der Waals surface area (Å²) >= 11 is 0. The number of amides is 1. The van der Waals surface area contributed by atoms with Crippen LogP contribution >= 0.6 is 0 Å². The molecule has 24 heavy (non-hydrogen) atoms. The molecule has 5 heteroatoms. The molecule has 1 amide bonds. The second-order valence-corrected chi connectivity index (χ2v) is 6.56. The highest BCUT2D eigenvalue weighted by Gasteiger charge is 2.45. The van der Waals surface area contributed by atoms with Crippen molar-refractivity contribution in [2.45, 2.75) is 51.9 Å². The zero-order chi connectivity index (χ0) is 17.4. The summed E-state index contributed by atoms with van der Waals surface area (Å²) in [6.45, 7) is 3.38. The highest BCUT2D eigenvalue weighted by molar-refractivity contribution is 5.85. The molecule has 0 atom stereocenters. The number of carboxylic acid groups (broad SMARTS) is 1. The average Bonchev–Trinajstić information content (AvgIpc) is 2.52. The lowest BCUT2D eigenvalue weighted by atomic mass is 9.66. The van der Waals surface area contributed by atoms with Gasteiger partial charge in [0.1, 0.15) is 5.75 Å². The fourth-order valence-electron chi connectivity index (χ4n) is 2.87. The minimum atomic E-state index is -0.845. The molecule has 132 valence electrons. The summed E-state index contributed by atoms with van der Waals surface area (Å²) in [4.78, 5) is 23.2. The molecule has 1 saturated carbocycles. The maximum absolute atomic E-state index is 12.0. The molecule has 1 aliphatic rings. The number of hydrogen-bond donors (Lipinski definition) is 2. The largest absolute Gasteiger partial charge is 0.494 e. The third kappa shape index (κ3) is 4.98. The fraction of sp³-hybridized carbons (Fsp3) is 0.579. The van der Waals surface area contributed by atoms with Crippen LogP contribution in [-0.4, -0.2) is 30.1 Å². The second kappa shape index (κ2) is 8.71. The Kier molecular flexibility index (Phi) is 6.64. The maximum atomic E-state index is 12.0. The van der Waals surface area contributed by atoms with Gasteiger partial charge in [0.05, 0.1) is 12.0 Å². The molecule has 0 spiro atoms. The number of hydrogen-bond acceptors (Lipinski definition) is 3. The third-order valence-corrected chi connectivity index (χ3v) is 4.69. The molecule has 2 N–H and O–H groups in total. The van der Waals surface area contributed by atoms with Gasteiger partial charge in [-0.15, -0.1) is 0 Å². The summed E-state index contributed by atoms with van der Waals surface area (Å²) in [5.74, 6) is -0.149. The number of carbonyl (C=O) groups is 2. The topological polar surface area (TPSA) is 75.6 Å². The van der Waals surface area contributed by atoms with Gasteiger partial charge in [0, 0.05) is 13.0 Å². The summed E-state index contributed by atoms with van der Waals surface area (Å²) in [7, 11) is 0. The van der Waals surface area contributed by atoms with E-state index >= 15 is 0 Å². The molecule has 0 radical (unpaired) electrons. The Balaban J connectivity index is 1.70. The number of carboxylic acids is 1. The Hall–Kier alpha value is -2.04. The summed E-state index contributed by atoms with van der Waals surface area (Å²) in [5.41, 5.74) is 0.302. The Morgan fingerprint density at radius 1 is 1.25 bits per heavy atom. The Morgan fingerprint density at radius 3 is 2.50 bits per heavy atom. The highest BCUT2D eigenvalue weighted by Crippen LogP contribution is 2.44. The molecule has 1 aromatic carbocycles. The van der Waals surface area contributed by atoms with Crippen LogP contribution in [0, 0.1) is 5.41 Å². The van der Waals surface area contributed by atoms with Gasteiger partial charge in [0.2, 0.25) is 5.91 Å². The first kappa shape index (κ1) is 18.3. The molecular weight excluding hydrogens is 306 g/mol. The number of rotatable bonds is 10. The lowest BCUT2D eigenvalue weighted by Crippen LogP contribution is -2.42. The van der Waals surface area contributed by atoms with E-state index in [1.165, 1.54) is 0 Å². The molecule has 1 aromatic rings. The monoisotopic (exact) mass is 333 g/mol. The van der Waals surface area contributed by atoms with Crippen molar-refractivity contribution in [2.24, 2.45) is 5.41 Å². The first-order valence-corrected chi connectivity index (χ1v) is 8.77. The first-order valence-electron chi connectivity index (χ1n) is 8.77. The number of nitrogens with one attached hydrogen (secondary N) is 1. The van der Waals surface area contributed by atoms with Gasteiger partial charge in [-0.3, -0.25) is 9.59 Å². The van der Waals surface area contributed by atoms with Gasteiger partial charge >= 0.3 is 5.97 Å². The first-order chi connectivity index (χ1) is 11.6. The molecule has 1 aliphatic carbocycles. The molecule has 0 aromatic heterocycles. The van der Waals surface area contributed by atoms with Crippen molar-refractivity contribution in [3.8, 4) is 5.75 Å². The smallest absolute Gasteiger partial charge is 0.310 e. The quantitative estimate of drug-likeness (QED) is 0.645. The second-order valence-electron chi connectivity index (χ2n) is 6.56. The number of aliphatic carboxylic acids is 1. The van der Waals surface area contributed by atoms with E-state index in [9.17, 15) is 14.7 Å². The van der Waals surface area contributed by atoms with E-state index in [-0.39, 0.29) is 12.3 Å². The number of ether oxygens (including phenoxy) is 1. The van der Waals surface area contributed by atoms with Crippen LogP contribution in [0.5, 0.6) is 5.75 Å². The van der Waals surface area contributed by atoms with E-state index in [1.807, 2.05) is 24.3 Å². The predicted molar refractivity (Wildman–Crippen MR) is 92.1 cm³/mol. The van der Waals surface area contributed by atoms with Crippen molar-refractivity contribution in [1.82, 2.24) is 5.32 Å². The molecule has 0 aliphatic heterocycles. The van der Waals surface area contributed by atoms with E-state index in [4.69, 9.17) is 4.74 Å². The zero-order valence-electron chi connectivity index (χ0n) is 14.3. The van der Waals surface area contributed by atoms with Crippen molar-refractivity contribution in [2.75, 3.05) is 13.2 Å². The van der Waals surface area contributed by atoms with E-state index < -0.39 is 11.4 Å². The van der Waals surface area contributed by atoms with Gasteiger partial charge < -0.3 is 15.2 Å². The summed E-state index contributed by atoms with van der Waals surface area (Å²) < 4.78 is 5.61. The average molecular weight is 333 g/mol. The molecular formula is C19H27NO4. The molecule has 5 nitrogen and oxygen atoms in total. The van der Waals surface area contributed by atoms with E-state index in [0.29, 0.717) is 19.4 Å². The zero-order valence-corrected chi connectivity index (χ0v) is 14.3. The number of benzene rings is 1. The van der Waals surface area contributed by atoms with E-state index in [1.54, 1.807) is 0 Å². The van der Waals surface area contributed by atoms with Crippen LogP contribution in [0.2, 0.25) is 0 Å². The van der Waals surface area contributed by atoms with Crippen molar-refractivity contribution in [3.05, 3.63) is 29.8 Å². The van der Waals surface area contributed by atoms with Gasteiger partial charge in [0.25, 0.3) is 0 Å². The lowest BCUT2D eigenvalue weighted by molar-refractivity contribution is -0.157. The lowest BCUT2D eigenvalue weighted by Gasteiger charge is -2.36. The normalized spacial score (nSPS) is 15.4. The van der Waals surface area contributed by atoms with Crippen LogP contribution in [0.25, 0.3) is 0 Å². The van der Waals surface area contributed by atoms with Crippen LogP contribution in [0.15, 0.2) is 24.3 Å². The van der Waals surface area contributed by atoms with Gasteiger partial charge in [0.15, 0.2) is 0 Å². The number of unbranched alkanes of at least 4 members (excludes halogenated alkanes) is 1. The van der Waals surface area contributed by atoms with Crippen molar-refractivity contribution >= 4 is 11.9 Å². The minimum Gasteiger partial charge on any atom is -0.494 e. The SMILES string of the molecule is CCCCOc1ccc(CCNC(=O)CC2(C(=O)O)CCC2)cc1. The number of carbonyl (C=O) groups excluding carboxylic acids is 1. The van der Waals surface area contributed by atoms with Crippen molar-refractivity contribution < 1.29 is 19.4 Å². The Morgan fingerprint density at radius 2 is 1.96 bits per heavy atom. The van der Waals surface area contributed by atoms with E-state index in [2.05, 4.69) is 12.2 Å². The molecule has 0 unspecified atom stereocenters. The molecule has 0 bridgehead atoms. The fourth-order valence-corrected chi connectivity index (χ4v) is 2.87. The molecule has 0 saturated heterocycles. The molecule has 1 fully saturated rings. The minimum absolute atomic E-state index is 0.0898.